The van der Waals surface area contributed by atoms with E-state index >= 15 is 0 Å². The molecule has 0 spiro atoms. The number of aromatic nitrogens is 4. The molecule has 1 aromatic carbocycles. The number of carbonyl (C=O) groups excluding carboxylic acids is 1. The number of aryl methyl sites for hydroxylation is 1. The van der Waals surface area contributed by atoms with Crippen molar-refractivity contribution in [2.45, 2.75) is 24.4 Å². The molecule has 8 heteroatoms. The number of benzene rings is 1. The predicted molar refractivity (Wildman–Crippen MR) is 99.3 cm³/mol. The van der Waals surface area contributed by atoms with E-state index in [1.807, 2.05) is 24.5 Å². The minimum atomic E-state index is -0.0738. The summed E-state index contributed by atoms with van der Waals surface area (Å²) in [6.07, 6.45) is 5.34. The summed E-state index contributed by atoms with van der Waals surface area (Å²) in [4.78, 5) is 24.8. The molecule has 25 heavy (non-hydrogen) atoms. The first-order valence-electron chi connectivity index (χ1n) is 8.00. The number of rotatable bonds is 7. The van der Waals surface area contributed by atoms with Crippen LogP contribution in [0.4, 0.5) is 5.95 Å². The van der Waals surface area contributed by atoms with E-state index in [2.05, 4.69) is 32.4 Å². The van der Waals surface area contributed by atoms with Gasteiger partial charge in [-0.3, -0.25) is 4.79 Å². The zero-order valence-electron chi connectivity index (χ0n) is 14.0. The summed E-state index contributed by atoms with van der Waals surface area (Å²) >= 11 is 1.45. The van der Waals surface area contributed by atoms with E-state index in [0.717, 1.165) is 12.8 Å². The van der Waals surface area contributed by atoms with Crippen LogP contribution in [-0.2, 0) is 17.8 Å². The lowest BCUT2D eigenvalue weighted by molar-refractivity contribution is -0.121. The maximum Gasteiger partial charge on any atom is 0.240 e. The van der Waals surface area contributed by atoms with E-state index in [9.17, 15) is 4.79 Å². The fraction of sp³-hybridized carbons (Fsp3) is 0.294. The normalized spacial score (nSPS) is 10.9. The first kappa shape index (κ1) is 17.2. The second-order valence-electron chi connectivity index (χ2n) is 5.57. The highest BCUT2D eigenvalue weighted by Crippen LogP contribution is 2.22. The van der Waals surface area contributed by atoms with Crippen LogP contribution in [0.2, 0.25) is 0 Å². The van der Waals surface area contributed by atoms with Crippen LogP contribution in [0.3, 0.4) is 0 Å². The standard InChI is InChI=1S/C17H20N6OS/c1-25-16-14-15(21-17(18)22-16)23(11-20-14)10-13(24)19-9-5-8-12-6-3-2-4-7-12/h2-4,6-7,11H,5,8-10H2,1H3,(H,19,24)(H2,18,21,22). The third kappa shape index (κ3) is 4.27. The fourth-order valence-corrected chi connectivity index (χ4v) is 3.09. The zero-order chi connectivity index (χ0) is 17.6. The molecular weight excluding hydrogens is 336 g/mol. The summed E-state index contributed by atoms with van der Waals surface area (Å²) in [5, 5.41) is 3.64. The third-order valence-corrected chi connectivity index (χ3v) is 4.44. The molecular formula is C17H20N6OS. The van der Waals surface area contributed by atoms with Crippen LogP contribution in [0, 0.1) is 0 Å². The lowest BCUT2D eigenvalue weighted by Crippen LogP contribution is -2.28. The van der Waals surface area contributed by atoms with E-state index in [-0.39, 0.29) is 18.4 Å². The SMILES string of the molecule is CSc1nc(N)nc2c1ncn2CC(=O)NCCCc1ccccc1. The van der Waals surface area contributed by atoms with Gasteiger partial charge in [0.2, 0.25) is 11.9 Å². The van der Waals surface area contributed by atoms with Crippen LogP contribution in [0.5, 0.6) is 0 Å². The van der Waals surface area contributed by atoms with Crippen molar-refractivity contribution in [1.82, 2.24) is 24.8 Å². The summed E-state index contributed by atoms with van der Waals surface area (Å²) in [7, 11) is 0. The minimum Gasteiger partial charge on any atom is -0.368 e. The van der Waals surface area contributed by atoms with Crippen molar-refractivity contribution in [3.63, 3.8) is 0 Å². The number of fused-ring (bicyclic) bond motifs is 1. The molecule has 0 saturated carbocycles. The molecule has 3 aromatic rings. The summed E-state index contributed by atoms with van der Waals surface area (Å²) < 4.78 is 1.69. The Labute approximate surface area is 150 Å². The maximum absolute atomic E-state index is 12.2. The summed E-state index contributed by atoms with van der Waals surface area (Å²) in [5.74, 6) is 0.108. The van der Waals surface area contributed by atoms with Crippen molar-refractivity contribution in [2.75, 3.05) is 18.5 Å². The lowest BCUT2D eigenvalue weighted by atomic mass is 10.1. The molecule has 7 nitrogen and oxygen atoms in total. The van der Waals surface area contributed by atoms with Gasteiger partial charge in [-0.05, 0) is 24.7 Å². The van der Waals surface area contributed by atoms with Crippen LogP contribution in [0.15, 0.2) is 41.7 Å². The topological polar surface area (TPSA) is 98.7 Å². The number of hydrogen-bond acceptors (Lipinski definition) is 6. The molecule has 2 aromatic heterocycles. The number of nitrogens with two attached hydrogens (primary N) is 1. The molecule has 0 fully saturated rings. The third-order valence-electron chi connectivity index (χ3n) is 3.76. The summed E-state index contributed by atoms with van der Waals surface area (Å²) in [5.41, 5.74) is 8.25. The molecule has 0 saturated heterocycles. The van der Waals surface area contributed by atoms with Gasteiger partial charge in [-0.1, -0.05) is 30.3 Å². The Hall–Kier alpha value is -2.61. The Morgan fingerprint density at radius 3 is 2.84 bits per heavy atom. The number of imidazole rings is 1. The zero-order valence-corrected chi connectivity index (χ0v) is 14.8. The molecule has 0 bridgehead atoms. The summed E-state index contributed by atoms with van der Waals surface area (Å²) in [6.45, 7) is 0.791. The van der Waals surface area contributed by atoms with Gasteiger partial charge in [-0.15, -0.1) is 11.8 Å². The molecule has 0 aliphatic heterocycles. The molecule has 130 valence electrons. The molecule has 0 aliphatic rings. The Bertz CT molecular complexity index is 864. The first-order valence-corrected chi connectivity index (χ1v) is 9.23. The molecule has 0 radical (unpaired) electrons. The lowest BCUT2D eigenvalue weighted by Gasteiger charge is -2.07. The fourth-order valence-electron chi connectivity index (χ4n) is 2.57. The second kappa shape index (κ2) is 7.98. The molecule has 3 N–H and O–H groups in total. The van der Waals surface area contributed by atoms with E-state index in [1.54, 1.807) is 10.9 Å². The molecule has 0 aliphatic carbocycles. The number of thioether (sulfide) groups is 1. The number of amides is 1. The van der Waals surface area contributed by atoms with E-state index in [1.165, 1.54) is 17.3 Å². The van der Waals surface area contributed by atoms with Gasteiger partial charge in [-0.2, -0.15) is 4.98 Å². The van der Waals surface area contributed by atoms with Gasteiger partial charge in [0.15, 0.2) is 5.65 Å². The van der Waals surface area contributed by atoms with Crippen molar-refractivity contribution in [1.29, 1.82) is 0 Å². The number of anilines is 1. The van der Waals surface area contributed by atoms with Crippen LogP contribution in [0.1, 0.15) is 12.0 Å². The van der Waals surface area contributed by atoms with Crippen molar-refractivity contribution in [3.05, 3.63) is 42.2 Å². The van der Waals surface area contributed by atoms with Crippen LogP contribution in [0.25, 0.3) is 11.2 Å². The quantitative estimate of drug-likeness (QED) is 0.381. The van der Waals surface area contributed by atoms with Crippen LogP contribution < -0.4 is 11.1 Å². The largest absolute Gasteiger partial charge is 0.368 e. The predicted octanol–water partition coefficient (Wildman–Crippen LogP) is 1.88. The van der Waals surface area contributed by atoms with Crippen molar-refractivity contribution < 1.29 is 4.79 Å². The van der Waals surface area contributed by atoms with Gasteiger partial charge in [0.25, 0.3) is 0 Å². The van der Waals surface area contributed by atoms with Crippen LogP contribution >= 0.6 is 11.8 Å². The number of hydrogen-bond donors (Lipinski definition) is 2. The van der Waals surface area contributed by atoms with Crippen molar-refractivity contribution in [3.8, 4) is 0 Å². The Balaban J connectivity index is 1.56. The number of nitrogens with one attached hydrogen (secondary N) is 1. The van der Waals surface area contributed by atoms with Crippen molar-refractivity contribution in [2.24, 2.45) is 0 Å². The number of nitrogen functional groups attached to an aromatic ring is 1. The number of nitrogens with zero attached hydrogens (tertiary/aromatic N) is 4. The van der Waals surface area contributed by atoms with Gasteiger partial charge in [0, 0.05) is 6.54 Å². The molecule has 3 rings (SSSR count). The summed E-state index contributed by atoms with van der Waals surface area (Å²) in [6, 6.07) is 10.2. The van der Waals surface area contributed by atoms with E-state index < -0.39 is 0 Å². The average Bonchev–Trinajstić information content (AvgIpc) is 3.01. The van der Waals surface area contributed by atoms with Crippen molar-refractivity contribution >= 4 is 34.8 Å². The Kier molecular flexibility index (Phi) is 5.49. The maximum atomic E-state index is 12.2. The molecule has 0 atom stereocenters. The number of carbonyl (C=O) groups is 1. The van der Waals surface area contributed by atoms with Crippen LogP contribution in [-0.4, -0.2) is 38.2 Å². The smallest absolute Gasteiger partial charge is 0.240 e. The van der Waals surface area contributed by atoms with E-state index in [4.69, 9.17) is 5.73 Å². The highest BCUT2D eigenvalue weighted by molar-refractivity contribution is 7.98. The van der Waals surface area contributed by atoms with Gasteiger partial charge >= 0.3 is 0 Å². The highest BCUT2D eigenvalue weighted by Gasteiger charge is 2.13. The average molecular weight is 356 g/mol. The molecule has 1 amide bonds. The monoisotopic (exact) mass is 356 g/mol. The van der Waals surface area contributed by atoms with Gasteiger partial charge in [0.1, 0.15) is 17.1 Å². The molecule has 0 unspecified atom stereocenters. The minimum absolute atomic E-state index is 0.0738. The van der Waals surface area contributed by atoms with Gasteiger partial charge in [0.05, 0.1) is 6.33 Å². The Morgan fingerprint density at radius 1 is 1.28 bits per heavy atom. The first-order chi connectivity index (χ1) is 12.2. The second-order valence-corrected chi connectivity index (χ2v) is 6.37. The Morgan fingerprint density at radius 2 is 2.08 bits per heavy atom. The molecule has 2 heterocycles. The van der Waals surface area contributed by atoms with E-state index in [0.29, 0.717) is 22.7 Å². The van der Waals surface area contributed by atoms with Gasteiger partial charge in [-0.25, -0.2) is 9.97 Å². The highest BCUT2D eigenvalue weighted by atomic mass is 32.2. The van der Waals surface area contributed by atoms with Gasteiger partial charge < -0.3 is 15.6 Å².